The van der Waals surface area contributed by atoms with Gasteiger partial charge in [0.05, 0.1) is 37.8 Å². The SMILES string of the molecule is CC(C)OC(CO[C@@H]1CCOC1)CN(C)S(C)(=O)=O. The average Bonchev–Trinajstić information content (AvgIpc) is 2.76. The van der Waals surface area contributed by atoms with E-state index in [1.54, 1.807) is 7.05 Å². The number of ether oxygens (including phenoxy) is 3. The Hall–Kier alpha value is -0.210. The summed E-state index contributed by atoms with van der Waals surface area (Å²) in [6.07, 6.45) is 1.94. The van der Waals surface area contributed by atoms with Crippen molar-refractivity contribution in [2.75, 3.05) is 39.7 Å². The van der Waals surface area contributed by atoms with E-state index in [9.17, 15) is 8.42 Å². The minimum Gasteiger partial charge on any atom is -0.379 e. The molecule has 1 fully saturated rings. The van der Waals surface area contributed by atoms with E-state index < -0.39 is 10.0 Å². The summed E-state index contributed by atoms with van der Waals surface area (Å²) in [6.45, 7) is 5.86. The maximum absolute atomic E-state index is 11.4. The fourth-order valence-corrected chi connectivity index (χ4v) is 2.27. The van der Waals surface area contributed by atoms with Crippen molar-refractivity contribution in [1.29, 1.82) is 0 Å². The molecule has 1 unspecified atom stereocenters. The van der Waals surface area contributed by atoms with Crippen LogP contribution in [0.25, 0.3) is 0 Å². The predicted octanol–water partition coefficient (Wildman–Crippen LogP) is 0.477. The van der Waals surface area contributed by atoms with Crippen LogP contribution in [0, 0.1) is 0 Å². The van der Waals surface area contributed by atoms with E-state index in [1.165, 1.54) is 10.6 Å². The summed E-state index contributed by atoms with van der Waals surface area (Å²) in [4.78, 5) is 0. The van der Waals surface area contributed by atoms with Gasteiger partial charge in [0.2, 0.25) is 10.0 Å². The Bertz CT molecular complexity index is 351. The monoisotopic (exact) mass is 295 g/mol. The van der Waals surface area contributed by atoms with Crippen molar-refractivity contribution < 1.29 is 22.6 Å². The number of hydrogen-bond donors (Lipinski definition) is 0. The zero-order chi connectivity index (χ0) is 14.5. The third kappa shape index (κ3) is 6.67. The van der Waals surface area contributed by atoms with E-state index in [0.717, 1.165) is 13.0 Å². The molecule has 0 radical (unpaired) electrons. The van der Waals surface area contributed by atoms with Gasteiger partial charge >= 0.3 is 0 Å². The van der Waals surface area contributed by atoms with Crippen molar-refractivity contribution in [2.45, 2.75) is 38.6 Å². The Morgan fingerprint density at radius 1 is 1.42 bits per heavy atom. The lowest BCUT2D eigenvalue weighted by molar-refractivity contribution is -0.0691. The largest absolute Gasteiger partial charge is 0.379 e. The van der Waals surface area contributed by atoms with E-state index in [4.69, 9.17) is 14.2 Å². The van der Waals surface area contributed by atoms with E-state index in [-0.39, 0.29) is 18.3 Å². The third-order valence-electron chi connectivity index (χ3n) is 2.90. The van der Waals surface area contributed by atoms with E-state index in [2.05, 4.69) is 0 Å². The maximum atomic E-state index is 11.4. The number of sulfonamides is 1. The zero-order valence-corrected chi connectivity index (χ0v) is 13.0. The lowest BCUT2D eigenvalue weighted by Crippen LogP contribution is -2.39. The molecule has 114 valence electrons. The molecule has 0 saturated carbocycles. The van der Waals surface area contributed by atoms with Gasteiger partial charge in [0.25, 0.3) is 0 Å². The van der Waals surface area contributed by atoms with Gasteiger partial charge < -0.3 is 14.2 Å². The second-order valence-corrected chi connectivity index (χ2v) is 7.26. The van der Waals surface area contributed by atoms with E-state index in [0.29, 0.717) is 19.8 Å². The molecule has 0 aromatic carbocycles. The van der Waals surface area contributed by atoms with Crippen LogP contribution in [-0.2, 0) is 24.2 Å². The maximum Gasteiger partial charge on any atom is 0.211 e. The van der Waals surface area contributed by atoms with Crippen molar-refractivity contribution in [2.24, 2.45) is 0 Å². The number of likely N-dealkylation sites (N-methyl/N-ethyl adjacent to an activating group) is 1. The Labute approximate surface area is 116 Å². The standard InChI is InChI=1S/C12H25NO5S/c1-10(2)18-12(7-13(3)19(4,14)15)9-17-11-5-6-16-8-11/h10-12H,5-9H2,1-4H3/t11-,12?/m1/s1. The first kappa shape index (κ1) is 16.8. The summed E-state index contributed by atoms with van der Waals surface area (Å²) in [5.41, 5.74) is 0. The topological polar surface area (TPSA) is 65.1 Å². The predicted molar refractivity (Wildman–Crippen MR) is 72.7 cm³/mol. The summed E-state index contributed by atoms with van der Waals surface area (Å²) in [5, 5.41) is 0. The Kier molecular flexibility index (Phi) is 6.68. The van der Waals surface area contributed by atoms with Gasteiger partial charge in [-0.05, 0) is 20.3 Å². The van der Waals surface area contributed by atoms with Crippen molar-refractivity contribution in [3.8, 4) is 0 Å². The van der Waals surface area contributed by atoms with Crippen LogP contribution in [0.1, 0.15) is 20.3 Å². The molecule has 0 aromatic rings. The minimum absolute atomic E-state index is 0.0291. The minimum atomic E-state index is -3.20. The average molecular weight is 295 g/mol. The quantitative estimate of drug-likeness (QED) is 0.651. The van der Waals surface area contributed by atoms with Gasteiger partial charge in [-0.3, -0.25) is 0 Å². The normalized spacial score (nSPS) is 22.3. The number of nitrogens with zero attached hydrogens (tertiary/aromatic N) is 1. The Balaban J connectivity index is 2.46. The van der Waals surface area contributed by atoms with Crippen LogP contribution in [0.2, 0.25) is 0 Å². The number of rotatable bonds is 8. The molecule has 0 aliphatic carbocycles. The zero-order valence-electron chi connectivity index (χ0n) is 12.2. The number of hydrogen-bond acceptors (Lipinski definition) is 5. The van der Waals surface area contributed by atoms with Crippen LogP contribution in [0.5, 0.6) is 0 Å². The highest BCUT2D eigenvalue weighted by Gasteiger charge is 2.22. The van der Waals surface area contributed by atoms with Crippen molar-refractivity contribution in [3.05, 3.63) is 0 Å². The first-order valence-electron chi connectivity index (χ1n) is 6.55. The van der Waals surface area contributed by atoms with Crippen LogP contribution in [0.4, 0.5) is 0 Å². The van der Waals surface area contributed by atoms with Crippen molar-refractivity contribution in [3.63, 3.8) is 0 Å². The van der Waals surface area contributed by atoms with Gasteiger partial charge in [-0.15, -0.1) is 0 Å². The molecule has 19 heavy (non-hydrogen) atoms. The molecule has 0 spiro atoms. The van der Waals surface area contributed by atoms with Gasteiger partial charge in [-0.2, -0.15) is 0 Å². The summed E-state index contributed by atoms with van der Waals surface area (Å²) in [6, 6.07) is 0. The summed E-state index contributed by atoms with van der Waals surface area (Å²) >= 11 is 0. The smallest absolute Gasteiger partial charge is 0.211 e. The molecule has 1 aliphatic rings. The highest BCUT2D eigenvalue weighted by atomic mass is 32.2. The van der Waals surface area contributed by atoms with Gasteiger partial charge in [0, 0.05) is 20.2 Å². The molecule has 1 aliphatic heterocycles. The van der Waals surface area contributed by atoms with Crippen molar-refractivity contribution >= 4 is 10.0 Å². The van der Waals surface area contributed by atoms with Gasteiger partial charge in [-0.1, -0.05) is 0 Å². The van der Waals surface area contributed by atoms with Crippen LogP contribution in [0.3, 0.4) is 0 Å². The second kappa shape index (κ2) is 7.54. The molecule has 1 saturated heterocycles. The summed E-state index contributed by atoms with van der Waals surface area (Å²) in [7, 11) is -1.65. The summed E-state index contributed by atoms with van der Waals surface area (Å²) < 4.78 is 40.8. The lowest BCUT2D eigenvalue weighted by Gasteiger charge is -2.25. The second-order valence-electron chi connectivity index (χ2n) is 5.17. The lowest BCUT2D eigenvalue weighted by atomic mass is 10.3. The molecule has 0 bridgehead atoms. The molecule has 0 N–H and O–H groups in total. The molecular formula is C12H25NO5S. The van der Waals surface area contributed by atoms with Gasteiger partial charge in [0.15, 0.2) is 0 Å². The van der Waals surface area contributed by atoms with Gasteiger partial charge in [0.1, 0.15) is 0 Å². The van der Waals surface area contributed by atoms with Crippen LogP contribution in [-0.4, -0.2) is 70.7 Å². The Morgan fingerprint density at radius 2 is 2.11 bits per heavy atom. The highest BCUT2D eigenvalue weighted by molar-refractivity contribution is 7.88. The molecular weight excluding hydrogens is 270 g/mol. The van der Waals surface area contributed by atoms with Crippen LogP contribution < -0.4 is 0 Å². The molecule has 0 aromatic heterocycles. The fraction of sp³-hybridized carbons (Fsp3) is 1.00. The first-order valence-corrected chi connectivity index (χ1v) is 8.40. The van der Waals surface area contributed by atoms with Gasteiger partial charge in [-0.25, -0.2) is 12.7 Å². The molecule has 0 amide bonds. The molecule has 1 heterocycles. The van der Waals surface area contributed by atoms with E-state index >= 15 is 0 Å². The molecule has 2 atom stereocenters. The molecule has 6 nitrogen and oxygen atoms in total. The molecule has 1 rings (SSSR count). The summed E-state index contributed by atoms with van der Waals surface area (Å²) in [5.74, 6) is 0. The fourth-order valence-electron chi connectivity index (χ4n) is 1.83. The van der Waals surface area contributed by atoms with Crippen molar-refractivity contribution in [1.82, 2.24) is 4.31 Å². The Morgan fingerprint density at radius 3 is 2.58 bits per heavy atom. The van der Waals surface area contributed by atoms with Crippen LogP contribution >= 0.6 is 0 Å². The van der Waals surface area contributed by atoms with Crippen LogP contribution in [0.15, 0.2) is 0 Å². The van der Waals surface area contributed by atoms with E-state index in [1.807, 2.05) is 13.8 Å². The first-order chi connectivity index (χ1) is 8.79. The molecule has 7 heteroatoms. The third-order valence-corrected chi connectivity index (χ3v) is 4.18. The highest BCUT2D eigenvalue weighted by Crippen LogP contribution is 2.11.